The first-order chi connectivity index (χ1) is 25.6. The first-order valence-electron chi connectivity index (χ1n) is 20.1. The van der Waals surface area contributed by atoms with Crippen molar-refractivity contribution in [2.75, 3.05) is 41.5 Å². The van der Waals surface area contributed by atoms with Gasteiger partial charge in [0.25, 0.3) is 0 Å². The molecule has 1 unspecified atom stereocenters. The van der Waals surface area contributed by atoms with Crippen LogP contribution in [0.25, 0.3) is 0 Å². The number of likely N-dealkylation sites (N-methyl/N-ethyl adjacent to an activating group) is 1. The van der Waals surface area contributed by atoms with E-state index >= 15 is 0 Å². The number of carbonyl (C=O) groups is 2. The highest BCUT2D eigenvalue weighted by atomic mass is 16.7. The topological polar surface area (TPSA) is 198 Å². The van der Waals surface area contributed by atoms with Gasteiger partial charge >= 0.3 is 5.97 Å². The summed E-state index contributed by atoms with van der Waals surface area (Å²) in [6.07, 6.45) is -6.93. The number of hydrogen-bond donors (Lipinski definition) is 4. The molecule has 0 aromatic carbocycles. The predicted molar refractivity (Wildman–Crippen MR) is 202 cm³/mol. The van der Waals surface area contributed by atoms with Gasteiger partial charge in [-0.1, -0.05) is 27.7 Å². The van der Waals surface area contributed by atoms with Crippen molar-refractivity contribution in [1.29, 1.82) is 0 Å². The Morgan fingerprint density at radius 3 is 2.09 bits per heavy atom. The quantitative estimate of drug-likeness (QED) is 0.175. The molecule has 55 heavy (non-hydrogen) atoms. The molecule has 1 aliphatic carbocycles. The maximum atomic E-state index is 14.2. The number of nitrogens with zero attached hydrogens (tertiary/aromatic N) is 1. The molecule has 0 aromatic heterocycles. The summed E-state index contributed by atoms with van der Waals surface area (Å²) >= 11 is 0. The van der Waals surface area contributed by atoms with E-state index in [4.69, 9.17) is 43.6 Å². The molecular weight excluding hydrogens is 716 g/mol. The highest BCUT2D eigenvalue weighted by Gasteiger charge is 2.70. The van der Waals surface area contributed by atoms with E-state index in [0.717, 1.165) is 0 Å². The van der Waals surface area contributed by atoms with E-state index in [1.807, 2.05) is 34.9 Å². The van der Waals surface area contributed by atoms with Gasteiger partial charge in [-0.3, -0.25) is 9.59 Å². The van der Waals surface area contributed by atoms with Crippen LogP contribution in [0.3, 0.4) is 0 Å². The van der Waals surface area contributed by atoms with Crippen LogP contribution in [0.4, 0.5) is 0 Å². The Balaban J connectivity index is 1.85. The minimum atomic E-state index is -1.80. The van der Waals surface area contributed by atoms with E-state index in [0.29, 0.717) is 26.0 Å². The van der Waals surface area contributed by atoms with Crippen LogP contribution in [0.2, 0.25) is 0 Å². The van der Waals surface area contributed by atoms with Gasteiger partial charge < -0.3 is 63.8 Å². The molecule has 5 N–H and O–H groups in total. The normalized spacial score (nSPS) is 48.9. The smallest absolute Gasteiger partial charge is 0.311 e. The van der Waals surface area contributed by atoms with Crippen LogP contribution < -0.4 is 5.73 Å². The first-order valence-corrected chi connectivity index (χ1v) is 20.1. The molecule has 3 heterocycles. The van der Waals surface area contributed by atoms with Crippen molar-refractivity contribution >= 4 is 11.8 Å². The Labute approximate surface area is 328 Å². The van der Waals surface area contributed by atoms with Gasteiger partial charge in [0.15, 0.2) is 12.6 Å². The second-order valence-corrected chi connectivity index (χ2v) is 17.6. The summed E-state index contributed by atoms with van der Waals surface area (Å²) in [5, 5.41) is 34.0. The molecule has 1 saturated carbocycles. The van der Waals surface area contributed by atoms with Crippen LogP contribution >= 0.6 is 0 Å². The van der Waals surface area contributed by atoms with Crippen molar-refractivity contribution in [2.45, 2.75) is 172 Å². The molecule has 3 aliphatic heterocycles. The summed E-state index contributed by atoms with van der Waals surface area (Å²) < 4.78 is 51.2. The van der Waals surface area contributed by atoms with Gasteiger partial charge in [0, 0.05) is 57.0 Å². The van der Waals surface area contributed by atoms with Gasteiger partial charge in [0.2, 0.25) is 0 Å². The van der Waals surface area contributed by atoms with E-state index < -0.39 is 108 Å². The Morgan fingerprint density at radius 2 is 1.51 bits per heavy atom. The van der Waals surface area contributed by atoms with Crippen molar-refractivity contribution in [3.05, 3.63) is 0 Å². The van der Waals surface area contributed by atoms with E-state index in [9.17, 15) is 24.9 Å². The summed E-state index contributed by atoms with van der Waals surface area (Å²) in [7, 11) is 7.04. The fraction of sp³-hybridized carbons (Fsp3) is 0.950. The summed E-state index contributed by atoms with van der Waals surface area (Å²) in [6.45, 7) is 16.8. The standard InChI is InChI=1S/C40H72N2O13/c1-20-18-39(9,49-13)34(55-37-31(50-16-14-15-41)27(42(10)11)17-21(2)51-37)23(4)30(53-28-19-38(8,48-12)33(45)26(7)52-28)24(5)36(46)54-35-25(6)40(35,47)32(44)22(3)29(20)43/h20-28,30-35,37,44-45,47H,14-19,41H2,1-13H3/t20-,21-,22+,23+,24-,25?,26+,27+,28+,30+,31-,32-,33+,34-,35-,37+,38-,39+,40+/m1/s1. The molecule has 0 amide bonds. The summed E-state index contributed by atoms with van der Waals surface area (Å²) in [6, 6.07) is -0.0764. The minimum Gasteiger partial charge on any atom is -0.458 e. The zero-order chi connectivity index (χ0) is 41.4. The van der Waals surface area contributed by atoms with E-state index in [1.165, 1.54) is 7.11 Å². The number of Topliss-reactive ketones (excluding diaryl/α,β-unsaturated/α-hetero) is 1. The maximum Gasteiger partial charge on any atom is 0.311 e. The first kappa shape index (κ1) is 46.4. The number of rotatable bonds is 11. The van der Waals surface area contributed by atoms with Crippen molar-refractivity contribution in [2.24, 2.45) is 35.3 Å². The van der Waals surface area contributed by atoms with Crippen LogP contribution in [0.15, 0.2) is 0 Å². The van der Waals surface area contributed by atoms with Gasteiger partial charge in [0.05, 0.1) is 47.6 Å². The van der Waals surface area contributed by atoms with Crippen LogP contribution in [0, 0.1) is 29.6 Å². The third-order valence-electron chi connectivity index (χ3n) is 13.3. The SMILES string of the molecule is CO[C@]1(C)C[C@H](O[C@H]2[C@H](C)[C@@H](O[C@@H]3O[C@H](C)C[C@H](N(C)C)[C@H]3OCCCN)[C@@](C)(OC)C[C@@H](C)C(=O)[C@H](C)[C@@H](O)[C@@]3(O)C(C)[C@H]3OC(=O)[C@@H]2C)O[C@@H](C)[C@@H]1O. The fourth-order valence-electron chi connectivity index (χ4n) is 9.29. The maximum absolute atomic E-state index is 14.2. The van der Waals surface area contributed by atoms with Crippen LogP contribution in [0.5, 0.6) is 0 Å². The largest absolute Gasteiger partial charge is 0.458 e. The number of fused-ring (bicyclic) bond motifs is 1. The van der Waals surface area contributed by atoms with Crippen LogP contribution in [-0.2, 0) is 47.5 Å². The number of ketones is 1. The van der Waals surface area contributed by atoms with Gasteiger partial charge in [-0.15, -0.1) is 0 Å². The predicted octanol–water partition coefficient (Wildman–Crippen LogP) is 2.03. The van der Waals surface area contributed by atoms with Crippen LogP contribution in [-0.4, -0.2) is 158 Å². The molecule has 0 spiro atoms. The second kappa shape index (κ2) is 18.3. The van der Waals surface area contributed by atoms with Crippen LogP contribution in [0.1, 0.15) is 88.0 Å². The molecule has 0 aromatic rings. The van der Waals surface area contributed by atoms with Crippen molar-refractivity contribution in [3.63, 3.8) is 0 Å². The van der Waals surface area contributed by atoms with E-state index in [-0.39, 0.29) is 30.8 Å². The molecule has 320 valence electrons. The molecule has 4 fully saturated rings. The van der Waals surface area contributed by atoms with E-state index in [1.54, 1.807) is 48.7 Å². The van der Waals surface area contributed by atoms with Crippen molar-refractivity contribution in [3.8, 4) is 0 Å². The number of esters is 1. The molecule has 4 aliphatic rings. The molecule has 15 heteroatoms. The number of ether oxygens (including phenoxy) is 8. The monoisotopic (exact) mass is 789 g/mol. The number of carbonyl (C=O) groups excluding carboxylic acids is 2. The minimum absolute atomic E-state index is 0.0764. The third-order valence-corrected chi connectivity index (χ3v) is 13.3. The van der Waals surface area contributed by atoms with Gasteiger partial charge in [-0.25, -0.2) is 0 Å². The Kier molecular flexibility index (Phi) is 15.4. The lowest BCUT2D eigenvalue weighted by molar-refractivity contribution is -0.322. The molecule has 4 rings (SSSR count). The number of aliphatic hydroxyl groups is 3. The third kappa shape index (κ3) is 9.44. The summed E-state index contributed by atoms with van der Waals surface area (Å²) in [4.78, 5) is 30.4. The zero-order valence-electron chi connectivity index (χ0n) is 35.4. The summed E-state index contributed by atoms with van der Waals surface area (Å²) in [5.74, 6) is -4.83. The Morgan fingerprint density at radius 1 is 0.873 bits per heavy atom. The number of methoxy groups -OCH3 is 2. The molecule has 0 radical (unpaired) electrons. The second-order valence-electron chi connectivity index (χ2n) is 17.6. The summed E-state index contributed by atoms with van der Waals surface area (Å²) in [5.41, 5.74) is 1.81. The number of nitrogens with two attached hydrogens (primary N) is 1. The average molecular weight is 789 g/mol. The highest BCUT2D eigenvalue weighted by Crippen LogP contribution is 2.51. The lowest BCUT2D eigenvalue weighted by atomic mass is 9.75. The molecule has 15 nitrogen and oxygen atoms in total. The lowest BCUT2D eigenvalue weighted by Crippen LogP contribution is -2.61. The number of hydrogen-bond acceptors (Lipinski definition) is 15. The molecule has 3 saturated heterocycles. The lowest BCUT2D eigenvalue weighted by Gasteiger charge is -2.50. The van der Waals surface area contributed by atoms with Crippen molar-refractivity contribution in [1.82, 2.24) is 4.90 Å². The van der Waals surface area contributed by atoms with Gasteiger partial charge in [-0.2, -0.15) is 0 Å². The molecule has 19 atom stereocenters. The van der Waals surface area contributed by atoms with E-state index in [2.05, 4.69) is 4.90 Å². The number of aliphatic hydroxyl groups excluding tert-OH is 2. The Bertz CT molecular complexity index is 1290. The molecule has 0 bridgehead atoms. The zero-order valence-corrected chi connectivity index (χ0v) is 35.4. The van der Waals surface area contributed by atoms with Gasteiger partial charge in [0.1, 0.15) is 29.7 Å². The average Bonchev–Trinajstić information content (AvgIpc) is 3.67. The molecular formula is C40H72N2O13. The fourth-order valence-corrected chi connectivity index (χ4v) is 9.29. The highest BCUT2D eigenvalue weighted by molar-refractivity contribution is 5.84. The van der Waals surface area contributed by atoms with Gasteiger partial charge in [-0.05, 0) is 74.5 Å². The Hall–Kier alpha value is -1.34. The van der Waals surface area contributed by atoms with Crippen molar-refractivity contribution < 1.29 is 62.8 Å².